The van der Waals surface area contributed by atoms with Crippen molar-refractivity contribution in [2.75, 3.05) is 13.3 Å². The number of benzene rings is 2. The van der Waals surface area contributed by atoms with Crippen LogP contribution in [0.25, 0.3) is 0 Å². The third-order valence-corrected chi connectivity index (χ3v) is 4.84. The molecule has 0 saturated carbocycles. The van der Waals surface area contributed by atoms with E-state index in [-0.39, 0.29) is 16.8 Å². The van der Waals surface area contributed by atoms with E-state index in [1.54, 1.807) is 24.1 Å². The predicted octanol–water partition coefficient (Wildman–Crippen LogP) is 2.92. The Hall–Kier alpha value is -2.14. The van der Waals surface area contributed by atoms with Crippen molar-refractivity contribution in [3.8, 4) is 0 Å². The van der Waals surface area contributed by atoms with Gasteiger partial charge in [0.25, 0.3) is 5.91 Å². The van der Waals surface area contributed by atoms with Crippen LogP contribution in [0, 0.1) is 0 Å². The molecule has 0 saturated heterocycles. The molecule has 0 radical (unpaired) electrons. The Bertz CT molecular complexity index is 752. The summed E-state index contributed by atoms with van der Waals surface area (Å²) >= 11 is 0. The second kappa shape index (κ2) is 6.32. The maximum absolute atomic E-state index is 12.5. The first kappa shape index (κ1) is 16.2. The lowest BCUT2D eigenvalue weighted by atomic mass is 10.1. The topological polar surface area (TPSA) is 54.5 Å². The van der Waals surface area contributed by atoms with E-state index in [1.165, 1.54) is 12.1 Å². The largest absolute Gasteiger partial charge is 0.335 e. The lowest BCUT2D eigenvalue weighted by molar-refractivity contribution is 0.0742. The molecular weight excluding hydrogens is 298 g/mol. The third kappa shape index (κ3) is 3.54. The third-order valence-electron chi connectivity index (χ3n) is 3.71. The molecule has 0 fully saturated rings. The predicted molar refractivity (Wildman–Crippen MR) is 86.5 cm³/mol. The van der Waals surface area contributed by atoms with Crippen molar-refractivity contribution in [3.63, 3.8) is 0 Å². The Balaban J connectivity index is 2.21. The summed E-state index contributed by atoms with van der Waals surface area (Å²) in [5, 5.41) is 0. The van der Waals surface area contributed by atoms with Crippen molar-refractivity contribution in [2.24, 2.45) is 0 Å². The fourth-order valence-corrected chi connectivity index (χ4v) is 2.81. The fraction of sp³-hybridized carbons (Fsp3) is 0.235. The molecule has 0 aromatic heterocycles. The van der Waals surface area contributed by atoms with Gasteiger partial charge in [-0.1, -0.05) is 30.3 Å². The van der Waals surface area contributed by atoms with Crippen LogP contribution in [0.4, 0.5) is 0 Å². The van der Waals surface area contributed by atoms with Gasteiger partial charge in [-0.3, -0.25) is 4.79 Å². The van der Waals surface area contributed by atoms with Crippen LogP contribution in [-0.2, 0) is 9.84 Å². The van der Waals surface area contributed by atoms with Gasteiger partial charge in [0.15, 0.2) is 9.84 Å². The molecule has 0 bridgehead atoms. The van der Waals surface area contributed by atoms with Gasteiger partial charge in [0.2, 0.25) is 0 Å². The highest BCUT2D eigenvalue weighted by atomic mass is 32.2. The average molecular weight is 317 g/mol. The number of amides is 1. The summed E-state index contributed by atoms with van der Waals surface area (Å²) in [6.45, 7) is 1.96. The van der Waals surface area contributed by atoms with Crippen LogP contribution in [0.2, 0.25) is 0 Å². The molecule has 0 aliphatic carbocycles. The van der Waals surface area contributed by atoms with Crippen molar-refractivity contribution in [2.45, 2.75) is 17.9 Å². The van der Waals surface area contributed by atoms with Crippen LogP contribution in [0.5, 0.6) is 0 Å². The lowest BCUT2D eigenvalue weighted by Crippen LogP contribution is -2.29. The molecular formula is C17H19NO3S. The highest BCUT2D eigenvalue weighted by molar-refractivity contribution is 7.90. The smallest absolute Gasteiger partial charge is 0.254 e. The first-order valence-corrected chi connectivity index (χ1v) is 8.82. The minimum absolute atomic E-state index is 0.0664. The van der Waals surface area contributed by atoms with E-state index < -0.39 is 9.84 Å². The number of sulfone groups is 1. The molecule has 5 heteroatoms. The fourth-order valence-electron chi connectivity index (χ4n) is 2.18. The number of nitrogens with zero attached hydrogens (tertiary/aromatic N) is 1. The normalized spacial score (nSPS) is 12.7. The van der Waals surface area contributed by atoms with E-state index in [0.29, 0.717) is 5.56 Å². The number of carbonyl (C=O) groups is 1. The lowest BCUT2D eigenvalue weighted by Gasteiger charge is -2.25. The molecule has 0 aliphatic rings. The molecule has 22 heavy (non-hydrogen) atoms. The minimum Gasteiger partial charge on any atom is -0.335 e. The highest BCUT2D eigenvalue weighted by Crippen LogP contribution is 2.21. The van der Waals surface area contributed by atoms with Crippen molar-refractivity contribution in [1.29, 1.82) is 0 Å². The number of hydrogen-bond acceptors (Lipinski definition) is 3. The Morgan fingerprint density at radius 2 is 1.55 bits per heavy atom. The molecule has 2 rings (SSSR count). The van der Waals surface area contributed by atoms with Crippen LogP contribution in [-0.4, -0.2) is 32.5 Å². The Morgan fingerprint density at radius 1 is 1.00 bits per heavy atom. The molecule has 0 heterocycles. The van der Waals surface area contributed by atoms with Crippen LogP contribution < -0.4 is 0 Å². The molecule has 0 spiro atoms. The molecule has 0 N–H and O–H groups in total. The first-order valence-electron chi connectivity index (χ1n) is 6.93. The van der Waals surface area contributed by atoms with Crippen LogP contribution in [0.3, 0.4) is 0 Å². The average Bonchev–Trinajstić information content (AvgIpc) is 2.53. The summed E-state index contributed by atoms with van der Waals surface area (Å²) in [7, 11) is -1.51. The molecule has 1 amide bonds. The summed E-state index contributed by atoms with van der Waals surface area (Å²) in [6, 6.07) is 15.7. The van der Waals surface area contributed by atoms with E-state index in [4.69, 9.17) is 0 Å². The summed E-state index contributed by atoms with van der Waals surface area (Å²) in [5.74, 6) is -0.142. The number of hydrogen-bond donors (Lipinski definition) is 0. The molecule has 1 atom stereocenters. The monoisotopic (exact) mass is 317 g/mol. The Labute approximate surface area is 131 Å². The van der Waals surface area contributed by atoms with Crippen molar-refractivity contribution in [3.05, 3.63) is 65.7 Å². The van der Waals surface area contributed by atoms with Crippen LogP contribution in [0.1, 0.15) is 28.9 Å². The van der Waals surface area contributed by atoms with E-state index in [2.05, 4.69) is 0 Å². The molecule has 2 aromatic rings. The van der Waals surface area contributed by atoms with Gasteiger partial charge in [-0.2, -0.15) is 0 Å². The van der Waals surface area contributed by atoms with Gasteiger partial charge in [0.1, 0.15) is 0 Å². The van der Waals surface area contributed by atoms with Gasteiger partial charge in [-0.05, 0) is 36.8 Å². The van der Waals surface area contributed by atoms with Gasteiger partial charge in [0.05, 0.1) is 10.9 Å². The summed E-state index contributed by atoms with van der Waals surface area (Å²) in [6.07, 6.45) is 1.15. The Kier molecular flexibility index (Phi) is 4.66. The molecule has 0 aliphatic heterocycles. The van der Waals surface area contributed by atoms with E-state index in [0.717, 1.165) is 11.8 Å². The van der Waals surface area contributed by atoms with Gasteiger partial charge >= 0.3 is 0 Å². The Morgan fingerprint density at radius 3 is 2.05 bits per heavy atom. The molecule has 2 aromatic carbocycles. The molecule has 1 unspecified atom stereocenters. The summed E-state index contributed by atoms with van der Waals surface area (Å²) < 4.78 is 22.9. The zero-order valence-corrected chi connectivity index (χ0v) is 13.7. The van der Waals surface area contributed by atoms with Crippen molar-refractivity contribution in [1.82, 2.24) is 4.90 Å². The van der Waals surface area contributed by atoms with Gasteiger partial charge < -0.3 is 4.90 Å². The maximum atomic E-state index is 12.5. The summed E-state index contributed by atoms with van der Waals surface area (Å²) in [4.78, 5) is 14.4. The zero-order valence-electron chi connectivity index (χ0n) is 12.9. The second-order valence-corrected chi connectivity index (χ2v) is 7.31. The van der Waals surface area contributed by atoms with Crippen molar-refractivity contribution >= 4 is 15.7 Å². The molecule has 116 valence electrons. The van der Waals surface area contributed by atoms with E-state index in [9.17, 15) is 13.2 Å². The van der Waals surface area contributed by atoms with Gasteiger partial charge in [-0.15, -0.1) is 0 Å². The van der Waals surface area contributed by atoms with Gasteiger partial charge in [-0.25, -0.2) is 8.42 Å². The van der Waals surface area contributed by atoms with E-state index >= 15 is 0 Å². The summed E-state index contributed by atoms with van der Waals surface area (Å²) in [5.41, 5.74) is 1.52. The highest BCUT2D eigenvalue weighted by Gasteiger charge is 2.19. The SMILES string of the molecule is CC(c1ccccc1)N(C)C(=O)c1ccc(S(C)(=O)=O)cc1. The second-order valence-electron chi connectivity index (χ2n) is 5.30. The minimum atomic E-state index is -3.25. The van der Waals surface area contributed by atoms with E-state index in [1.807, 2.05) is 37.3 Å². The maximum Gasteiger partial charge on any atom is 0.254 e. The van der Waals surface area contributed by atoms with Crippen molar-refractivity contribution < 1.29 is 13.2 Å². The first-order chi connectivity index (χ1) is 10.3. The number of rotatable bonds is 4. The quantitative estimate of drug-likeness (QED) is 0.871. The van der Waals surface area contributed by atoms with Gasteiger partial charge in [0, 0.05) is 18.9 Å². The zero-order chi connectivity index (χ0) is 16.3. The number of carbonyl (C=O) groups excluding carboxylic acids is 1. The standard InChI is InChI=1S/C17H19NO3S/c1-13(14-7-5-4-6-8-14)18(2)17(19)15-9-11-16(12-10-15)22(3,20)21/h4-13H,1-3H3. The molecule has 4 nitrogen and oxygen atoms in total. The van der Waals surface area contributed by atoms with Crippen LogP contribution >= 0.6 is 0 Å². The van der Waals surface area contributed by atoms with Crippen LogP contribution in [0.15, 0.2) is 59.5 Å².